The van der Waals surface area contributed by atoms with Crippen molar-refractivity contribution < 1.29 is 4.39 Å². The van der Waals surface area contributed by atoms with Gasteiger partial charge in [0.05, 0.1) is 17.3 Å². The van der Waals surface area contributed by atoms with Gasteiger partial charge in [-0.25, -0.2) is 4.39 Å². The second-order valence-electron chi connectivity index (χ2n) is 4.33. The van der Waals surface area contributed by atoms with E-state index in [9.17, 15) is 4.39 Å². The third-order valence-corrected chi connectivity index (χ3v) is 3.48. The van der Waals surface area contributed by atoms with E-state index in [4.69, 9.17) is 28.5 Å². The van der Waals surface area contributed by atoms with Gasteiger partial charge in [-0.15, -0.1) is 0 Å². The van der Waals surface area contributed by atoms with Gasteiger partial charge in [-0.05, 0) is 48.9 Å². The zero-order valence-corrected chi connectivity index (χ0v) is 12.1. The molecule has 0 aromatic heterocycles. The number of nitrogens with one attached hydrogen (secondary N) is 1. The van der Waals surface area contributed by atoms with E-state index in [1.807, 2.05) is 13.0 Å². The standard InChI is InChI=1S/C15H11Cl2FN2/c1-9(13-7-11(16)2-4-14(13)17)20-15-5-3-12(18)6-10(15)8-19/h2-7,9,20H,1H3. The minimum absolute atomic E-state index is 0.168. The molecule has 0 aliphatic heterocycles. The third-order valence-electron chi connectivity index (χ3n) is 2.90. The highest BCUT2D eigenvalue weighted by Gasteiger charge is 2.12. The zero-order chi connectivity index (χ0) is 14.7. The summed E-state index contributed by atoms with van der Waals surface area (Å²) in [6.07, 6.45) is 0. The molecule has 0 bridgehead atoms. The van der Waals surface area contributed by atoms with Crippen molar-refractivity contribution in [1.82, 2.24) is 0 Å². The summed E-state index contributed by atoms with van der Waals surface area (Å²) in [5, 5.41) is 13.3. The van der Waals surface area contributed by atoms with Gasteiger partial charge < -0.3 is 5.32 Å². The fourth-order valence-electron chi connectivity index (χ4n) is 1.89. The van der Waals surface area contributed by atoms with E-state index in [1.54, 1.807) is 18.2 Å². The lowest BCUT2D eigenvalue weighted by molar-refractivity contribution is 0.627. The number of nitrogens with zero attached hydrogens (tertiary/aromatic N) is 1. The van der Waals surface area contributed by atoms with Crippen LogP contribution < -0.4 is 5.32 Å². The first-order valence-electron chi connectivity index (χ1n) is 5.92. The molecule has 1 unspecified atom stereocenters. The number of hydrogen-bond acceptors (Lipinski definition) is 2. The van der Waals surface area contributed by atoms with Crippen molar-refractivity contribution in [3.63, 3.8) is 0 Å². The second-order valence-corrected chi connectivity index (χ2v) is 5.18. The van der Waals surface area contributed by atoms with Gasteiger partial charge in [0.2, 0.25) is 0 Å². The lowest BCUT2D eigenvalue weighted by Gasteiger charge is -2.18. The molecular formula is C15H11Cl2FN2. The summed E-state index contributed by atoms with van der Waals surface area (Å²) >= 11 is 12.1. The third kappa shape index (κ3) is 3.22. The molecule has 2 aromatic rings. The molecule has 0 saturated carbocycles. The van der Waals surface area contributed by atoms with Crippen molar-refractivity contribution in [2.24, 2.45) is 0 Å². The highest BCUT2D eigenvalue weighted by molar-refractivity contribution is 6.33. The van der Waals surface area contributed by atoms with E-state index in [0.29, 0.717) is 15.7 Å². The van der Waals surface area contributed by atoms with Gasteiger partial charge in [0.1, 0.15) is 11.9 Å². The maximum Gasteiger partial charge on any atom is 0.124 e. The predicted octanol–water partition coefficient (Wildman–Crippen LogP) is 5.18. The van der Waals surface area contributed by atoms with Gasteiger partial charge in [0.15, 0.2) is 0 Å². The fraction of sp³-hybridized carbons (Fsp3) is 0.133. The molecular weight excluding hydrogens is 298 g/mol. The number of anilines is 1. The molecule has 0 saturated heterocycles. The summed E-state index contributed by atoms with van der Waals surface area (Å²) in [7, 11) is 0. The average Bonchev–Trinajstić information content (AvgIpc) is 2.43. The molecule has 1 N–H and O–H groups in total. The van der Waals surface area contributed by atoms with Crippen molar-refractivity contribution in [2.45, 2.75) is 13.0 Å². The highest BCUT2D eigenvalue weighted by atomic mass is 35.5. The van der Waals surface area contributed by atoms with Crippen molar-refractivity contribution in [3.8, 4) is 6.07 Å². The molecule has 20 heavy (non-hydrogen) atoms. The number of rotatable bonds is 3. The lowest BCUT2D eigenvalue weighted by Crippen LogP contribution is -2.08. The van der Waals surface area contributed by atoms with E-state index in [1.165, 1.54) is 18.2 Å². The topological polar surface area (TPSA) is 35.8 Å². The van der Waals surface area contributed by atoms with E-state index in [0.717, 1.165) is 5.56 Å². The van der Waals surface area contributed by atoms with Crippen LogP contribution in [0.25, 0.3) is 0 Å². The normalized spacial score (nSPS) is 11.8. The Bertz CT molecular complexity index is 680. The Morgan fingerprint density at radius 1 is 1.20 bits per heavy atom. The Hall–Kier alpha value is -1.76. The molecule has 1 atom stereocenters. The highest BCUT2D eigenvalue weighted by Crippen LogP contribution is 2.29. The molecule has 2 aromatic carbocycles. The molecule has 5 heteroatoms. The van der Waals surface area contributed by atoms with Gasteiger partial charge in [0.25, 0.3) is 0 Å². The van der Waals surface area contributed by atoms with Crippen molar-refractivity contribution >= 4 is 28.9 Å². The quantitative estimate of drug-likeness (QED) is 0.848. The summed E-state index contributed by atoms with van der Waals surface area (Å²) in [5.41, 5.74) is 1.61. The van der Waals surface area contributed by atoms with E-state index < -0.39 is 5.82 Å². The number of benzene rings is 2. The van der Waals surface area contributed by atoms with Crippen LogP contribution in [0.3, 0.4) is 0 Å². The molecule has 0 aliphatic carbocycles. The van der Waals surface area contributed by atoms with Gasteiger partial charge in [-0.1, -0.05) is 23.2 Å². The zero-order valence-electron chi connectivity index (χ0n) is 10.6. The Morgan fingerprint density at radius 2 is 1.95 bits per heavy atom. The van der Waals surface area contributed by atoms with Crippen LogP contribution in [0.5, 0.6) is 0 Å². The number of hydrogen-bond donors (Lipinski definition) is 1. The van der Waals surface area contributed by atoms with Crippen molar-refractivity contribution in [1.29, 1.82) is 5.26 Å². The Balaban J connectivity index is 2.30. The van der Waals surface area contributed by atoms with Crippen LogP contribution in [-0.4, -0.2) is 0 Å². The minimum atomic E-state index is -0.444. The van der Waals surface area contributed by atoms with Crippen LogP contribution >= 0.6 is 23.2 Å². The summed E-state index contributed by atoms with van der Waals surface area (Å²) in [6.45, 7) is 1.89. The lowest BCUT2D eigenvalue weighted by atomic mass is 10.1. The number of halogens is 3. The number of nitriles is 1. The first-order valence-corrected chi connectivity index (χ1v) is 6.68. The molecule has 2 nitrogen and oxygen atoms in total. The van der Waals surface area contributed by atoms with Crippen LogP contribution in [0.2, 0.25) is 10.0 Å². The summed E-state index contributed by atoms with van der Waals surface area (Å²) in [5.74, 6) is -0.444. The second kappa shape index (κ2) is 6.13. The monoisotopic (exact) mass is 308 g/mol. The van der Waals surface area contributed by atoms with Gasteiger partial charge >= 0.3 is 0 Å². The van der Waals surface area contributed by atoms with E-state index in [-0.39, 0.29) is 11.6 Å². The van der Waals surface area contributed by atoms with Crippen LogP contribution in [-0.2, 0) is 0 Å². The Kier molecular flexibility index (Phi) is 4.49. The molecule has 0 radical (unpaired) electrons. The van der Waals surface area contributed by atoms with Crippen LogP contribution in [0, 0.1) is 17.1 Å². The van der Waals surface area contributed by atoms with Crippen LogP contribution in [0.15, 0.2) is 36.4 Å². The summed E-state index contributed by atoms with van der Waals surface area (Å²) < 4.78 is 13.1. The first kappa shape index (κ1) is 14.6. The Labute approximate surface area is 126 Å². The summed E-state index contributed by atoms with van der Waals surface area (Å²) in [4.78, 5) is 0. The first-order chi connectivity index (χ1) is 9.51. The SMILES string of the molecule is CC(Nc1ccc(F)cc1C#N)c1cc(Cl)ccc1Cl. The molecule has 0 aliphatic rings. The predicted molar refractivity (Wildman–Crippen MR) is 79.6 cm³/mol. The van der Waals surface area contributed by atoms with Crippen molar-refractivity contribution in [3.05, 3.63) is 63.4 Å². The van der Waals surface area contributed by atoms with Gasteiger partial charge in [-0.3, -0.25) is 0 Å². The van der Waals surface area contributed by atoms with Gasteiger partial charge in [-0.2, -0.15) is 5.26 Å². The van der Waals surface area contributed by atoms with Crippen molar-refractivity contribution in [2.75, 3.05) is 5.32 Å². The molecule has 2 rings (SSSR count). The largest absolute Gasteiger partial charge is 0.377 e. The van der Waals surface area contributed by atoms with Crippen LogP contribution in [0.4, 0.5) is 10.1 Å². The molecule has 0 fully saturated rings. The van der Waals surface area contributed by atoms with E-state index in [2.05, 4.69) is 5.32 Å². The molecule has 0 spiro atoms. The van der Waals surface area contributed by atoms with E-state index >= 15 is 0 Å². The molecule has 102 valence electrons. The Morgan fingerprint density at radius 3 is 2.65 bits per heavy atom. The van der Waals surface area contributed by atoms with Crippen LogP contribution in [0.1, 0.15) is 24.1 Å². The molecule has 0 heterocycles. The fourth-order valence-corrected chi connectivity index (χ4v) is 2.35. The summed E-state index contributed by atoms with van der Waals surface area (Å²) in [6, 6.07) is 11.0. The molecule has 0 amide bonds. The minimum Gasteiger partial charge on any atom is -0.377 e. The average molecular weight is 309 g/mol. The smallest absolute Gasteiger partial charge is 0.124 e. The van der Waals surface area contributed by atoms with Gasteiger partial charge in [0, 0.05) is 10.0 Å². The maximum atomic E-state index is 13.1. The maximum absolute atomic E-state index is 13.1.